The van der Waals surface area contributed by atoms with Crippen molar-refractivity contribution in [3.63, 3.8) is 0 Å². The van der Waals surface area contributed by atoms with Gasteiger partial charge < -0.3 is 10.2 Å². The number of carbonyl (C=O) groups is 1. The van der Waals surface area contributed by atoms with Gasteiger partial charge in [-0.2, -0.15) is 0 Å². The molecule has 2 heterocycles. The maximum Gasteiger partial charge on any atom is 0.231 e. The number of likely N-dealkylation sites (tertiary alicyclic amines) is 1. The summed E-state index contributed by atoms with van der Waals surface area (Å²) in [6.07, 6.45) is 2.39. The van der Waals surface area contributed by atoms with Crippen LogP contribution in [-0.4, -0.2) is 34.0 Å². The van der Waals surface area contributed by atoms with Gasteiger partial charge in [0.05, 0.1) is 11.8 Å². The van der Waals surface area contributed by atoms with Gasteiger partial charge in [-0.15, -0.1) is 11.3 Å². The minimum Gasteiger partial charge on any atom is -0.358 e. The largest absolute Gasteiger partial charge is 0.358 e. The first kappa shape index (κ1) is 18.4. The first-order chi connectivity index (χ1) is 12.1. The number of thiocarbonyl (C=S) groups is 1. The molecule has 132 valence electrons. The zero-order chi connectivity index (χ0) is 17.6. The van der Waals surface area contributed by atoms with Crippen molar-refractivity contribution in [2.45, 2.75) is 25.8 Å². The summed E-state index contributed by atoms with van der Waals surface area (Å²) in [7, 11) is 0. The predicted octanol–water partition coefficient (Wildman–Crippen LogP) is 4.38. The highest BCUT2D eigenvalue weighted by Gasteiger charge is 2.20. The van der Waals surface area contributed by atoms with Crippen LogP contribution >= 0.6 is 35.3 Å². The van der Waals surface area contributed by atoms with Crippen LogP contribution in [0.5, 0.6) is 0 Å². The molecule has 1 N–H and O–H groups in total. The number of hydrogen-bond donors (Lipinski definition) is 1. The molecule has 1 fully saturated rings. The SMILES string of the molecule is Cc1ccc(C(NC(=O)CSC(=S)N2CCCC2)c2cccs2)cc1. The lowest BCUT2D eigenvalue weighted by molar-refractivity contribution is -0.119. The van der Waals surface area contributed by atoms with Gasteiger partial charge in [-0.1, -0.05) is 59.9 Å². The molecule has 1 aromatic carbocycles. The third-order valence-corrected chi connectivity index (χ3v) is 6.70. The van der Waals surface area contributed by atoms with Crippen molar-refractivity contribution in [3.8, 4) is 0 Å². The summed E-state index contributed by atoms with van der Waals surface area (Å²) < 4.78 is 0.843. The fourth-order valence-corrected chi connectivity index (χ4v) is 4.72. The highest BCUT2D eigenvalue weighted by Crippen LogP contribution is 2.26. The van der Waals surface area contributed by atoms with E-state index < -0.39 is 0 Å². The fourth-order valence-electron chi connectivity index (χ4n) is 2.85. The summed E-state index contributed by atoms with van der Waals surface area (Å²) in [5.74, 6) is 0.383. The lowest BCUT2D eigenvalue weighted by Gasteiger charge is -2.20. The molecule has 1 atom stereocenters. The molecule has 3 nitrogen and oxygen atoms in total. The van der Waals surface area contributed by atoms with Crippen molar-refractivity contribution < 1.29 is 4.79 Å². The zero-order valence-electron chi connectivity index (χ0n) is 14.2. The van der Waals surface area contributed by atoms with Crippen molar-refractivity contribution in [3.05, 3.63) is 57.8 Å². The molecule has 0 aliphatic carbocycles. The van der Waals surface area contributed by atoms with Gasteiger partial charge in [0, 0.05) is 18.0 Å². The Bertz CT molecular complexity index is 707. The normalized spacial score (nSPS) is 15.2. The fraction of sp³-hybridized carbons (Fsp3) is 0.368. The number of hydrogen-bond acceptors (Lipinski definition) is 4. The highest BCUT2D eigenvalue weighted by molar-refractivity contribution is 8.23. The molecule has 1 aromatic heterocycles. The van der Waals surface area contributed by atoms with E-state index in [1.807, 2.05) is 11.4 Å². The van der Waals surface area contributed by atoms with Crippen LogP contribution in [0.25, 0.3) is 0 Å². The molecular weight excluding hydrogens is 368 g/mol. The summed E-state index contributed by atoms with van der Waals surface area (Å²) in [5, 5.41) is 5.22. The van der Waals surface area contributed by atoms with Gasteiger partial charge in [0.15, 0.2) is 0 Å². The molecule has 3 rings (SSSR count). The van der Waals surface area contributed by atoms with E-state index in [1.54, 1.807) is 11.3 Å². The average Bonchev–Trinajstić information content (AvgIpc) is 3.31. The molecule has 1 unspecified atom stereocenters. The molecule has 2 aromatic rings. The van der Waals surface area contributed by atoms with Gasteiger partial charge in [-0.05, 0) is 36.8 Å². The Morgan fingerprint density at radius 3 is 2.64 bits per heavy atom. The van der Waals surface area contributed by atoms with E-state index in [0.29, 0.717) is 5.75 Å². The number of aryl methyl sites for hydroxylation is 1. The highest BCUT2D eigenvalue weighted by atomic mass is 32.2. The number of carbonyl (C=O) groups excluding carboxylic acids is 1. The Hall–Kier alpha value is -1.37. The first-order valence-electron chi connectivity index (χ1n) is 8.44. The molecule has 6 heteroatoms. The van der Waals surface area contributed by atoms with Gasteiger partial charge in [-0.25, -0.2) is 0 Å². The third kappa shape index (κ3) is 5.06. The maximum absolute atomic E-state index is 12.5. The Labute approximate surface area is 162 Å². The lowest BCUT2D eigenvalue weighted by atomic mass is 10.0. The lowest BCUT2D eigenvalue weighted by Crippen LogP contribution is -2.32. The molecule has 1 saturated heterocycles. The second-order valence-electron chi connectivity index (χ2n) is 6.18. The first-order valence-corrected chi connectivity index (χ1v) is 10.7. The smallest absolute Gasteiger partial charge is 0.231 e. The maximum atomic E-state index is 12.5. The Balaban J connectivity index is 1.62. The van der Waals surface area contributed by atoms with Crippen molar-refractivity contribution in [1.82, 2.24) is 10.2 Å². The number of nitrogens with one attached hydrogen (secondary N) is 1. The number of amides is 1. The summed E-state index contributed by atoms with van der Waals surface area (Å²) in [5.41, 5.74) is 2.32. The van der Waals surface area contributed by atoms with Crippen LogP contribution < -0.4 is 5.32 Å². The van der Waals surface area contributed by atoms with Crippen LogP contribution in [0.4, 0.5) is 0 Å². The molecule has 0 bridgehead atoms. The molecular formula is C19H22N2OS3. The second-order valence-corrected chi connectivity index (χ2v) is 8.76. The Morgan fingerprint density at radius 1 is 1.28 bits per heavy atom. The molecule has 1 aliphatic rings. The molecule has 1 amide bonds. The predicted molar refractivity (Wildman–Crippen MR) is 111 cm³/mol. The Morgan fingerprint density at radius 2 is 2.00 bits per heavy atom. The average molecular weight is 391 g/mol. The standard InChI is InChI=1S/C19H22N2OS3/c1-14-6-8-15(9-7-14)18(16-5-4-12-24-16)20-17(22)13-25-19(23)21-10-2-3-11-21/h4-9,12,18H,2-3,10-11,13H2,1H3,(H,20,22). The van der Waals surface area contributed by atoms with Crippen LogP contribution in [0.3, 0.4) is 0 Å². The summed E-state index contributed by atoms with van der Waals surface area (Å²) in [6.45, 7) is 4.11. The number of nitrogens with zero attached hydrogens (tertiary/aromatic N) is 1. The van der Waals surface area contributed by atoms with Gasteiger partial charge in [0.1, 0.15) is 4.32 Å². The van der Waals surface area contributed by atoms with Gasteiger partial charge in [0.2, 0.25) is 5.91 Å². The van der Waals surface area contributed by atoms with E-state index >= 15 is 0 Å². The van der Waals surface area contributed by atoms with E-state index in [4.69, 9.17) is 12.2 Å². The van der Waals surface area contributed by atoms with E-state index in [9.17, 15) is 4.79 Å². The minimum atomic E-state index is -0.103. The minimum absolute atomic E-state index is 0.0190. The van der Waals surface area contributed by atoms with Crippen molar-refractivity contribution in [2.75, 3.05) is 18.8 Å². The van der Waals surface area contributed by atoms with Crippen LogP contribution in [-0.2, 0) is 4.79 Å². The monoisotopic (exact) mass is 390 g/mol. The summed E-state index contributed by atoms with van der Waals surface area (Å²) >= 11 is 8.57. The number of benzene rings is 1. The van der Waals surface area contributed by atoms with E-state index in [-0.39, 0.29) is 11.9 Å². The van der Waals surface area contributed by atoms with Crippen LogP contribution in [0.1, 0.15) is 34.9 Å². The molecule has 0 spiro atoms. The van der Waals surface area contributed by atoms with Gasteiger partial charge in [0.25, 0.3) is 0 Å². The topological polar surface area (TPSA) is 32.3 Å². The molecule has 0 radical (unpaired) electrons. The van der Waals surface area contributed by atoms with E-state index in [1.165, 1.54) is 30.2 Å². The van der Waals surface area contributed by atoms with Crippen LogP contribution in [0.15, 0.2) is 41.8 Å². The van der Waals surface area contributed by atoms with Crippen LogP contribution in [0.2, 0.25) is 0 Å². The van der Waals surface area contributed by atoms with Gasteiger partial charge >= 0.3 is 0 Å². The number of rotatable bonds is 5. The van der Waals surface area contributed by atoms with E-state index in [0.717, 1.165) is 27.9 Å². The van der Waals surface area contributed by atoms with E-state index in [2.05, 4.69) is 47.5 Å². The Kier molecular flexibility index (Phi) is 6.51. The zero-order valence-corrected chi connectivity index (χ0v) is 16.7. The summed E-state index contributed by atoms with van der Waals surface area (Å²) in [6, 6.07) is 12.3. The van der Waals surface area contributed by atoms with Gasteiger partial charge in [-0.3, -0.25) is 4.79 Å². The molecule has 0 saturated carbocycles. The number of thiophene rings is 1. The van der Waals surface area contributed by atoms with Crippen molar-refractivity contribution in [1.29, 1.82) is 0 Å². The quantitative estimate of drug-likeness (QED) is 0.768. The molecule has 1 aliphatic heterocycles. The van der Waals surface area contributed by atoms with Crippen molar-refractivity contribution >= 4 is 45.5 Å². The second kappa shape index (κ2) is 8.83. The summed E-state index contributed by atoms with van der Waals surface area (Å²) in [4.78, 5) is 15.8. The third-order valence-electron chi connectivity index (χ3n) is 4.23. The van der Waals surface area contributed by atoms with Crippen molar-refractivity contribution in [2.24, 2.45) is 0 Å². The van der Waals surface area contributed by atoms with Crippen LogP contribution in [0, 0.1) is 6.92 Å². The molecule has 25 heavy (non-hydrogen) atoms. The number of thioether (sulfide) groups is 1.